The highest BCUT2D eigenvalue weighted by molar-refractivity contribution is 7.97. The minimum Gasteiger partial charge on any atom is -0.390 e. The van der Waals surface area contributed by atoms with Gasteiger partial charge >= 0.3 is 0 Å². The summed E-state index contributed by atoms with van der Waals surface area (Å²) in [5.41, 5.74) is 2.73. The van der Waals surface area contributed by atoms with Crippen LogP contribution in [-0.2, 0) is 16.1 Å². The molecule has 1 aromatic heterocycles. The lowest BCUT2D eigenvalue weighted by Crippen LogP contribution is -2.73. The molecule has 0 unspecified atom stereocenters. The first-order valence-electron chi connectivity index (χ1n) is 15.8. The van der Waals surface area contributed by atoms with E-state index in [9.17, 15) is 14.7 Å². The number of rotatable bonds is 10. The Morgan fingerprint density at radius 3 is 2.40 bits per heavy atom. The number of carbonyl (C=O) groups excluding carboxylic acids is 2. The van der Waals surface area contributed by atoms with E-state index in [2.05, 4.69) is 60.0 Å². The summed E-state index contributed by atoms with van der Waals surface area (Å²) in [6, 6.07) is 7.74. The number of aryl methyl sites for hydroxylation is 1. The molecule has 42 heavy (non-hydrogen) atoms. The molecule has 1 aliphatic carbocycles. The van der Waals surface area contributed by atoms with Crippen molar-refractivity contribution in [1.29, 1.82) is 0 Å². The fourth-order valence-corrected chi connectivity index (χ4v) is 7.69. The van der Waals surface area contributed by atoms with E-state index in [0.29, 0.717) is 38.6 Å². The number of carbonyl (C=O) groups is 2. The third-order valence-corrected chi connectivity index (χ3v) is 10.4. The predicted octanol–water partition coefficient (Wildman–Crippen LogP) is 4.26. The van der Waals surface area contributed by atoms with Crippen LogP contribution in [0, 0.1) is 13.8 Å². The SMILES string of the molecule is CCCCN1C(=O)[C@@H](CC2(O)CCCCC2)NC(=O)C12CCN(Cc1c(C)nn(-c3ccc(SNC)cc3)c1C)CC2. The Morgan fingerprint density at radius 2 is 1.76 bits per heavy atom. The van der Waals surface area contributed by atoms with Gasteiger partial charge in [0.05, 0.1) is 17.0 Å². The van der Waals surface area contributed by atoms with Crippen molar-refractivity contribution in [2.75, 3.05) is 26.7 Å². The standard InChI is InChI=1S/C32H48N6O3S/c1-5-6-18-37-29(39)28(21-31(41)14-8-7-9-15-31)34-30(40)32(37)16-19-36(20-17-32)22-27-23(2)35-38(24(27)3)25-10-12-26(13-11-25)42-33-4/h10-13,28,33,41H,5-9,14-22H2,1-4H3,(H,34,40)/t28-/m1/s1. The van der Waals surface area contributed by atoms with Crippen molar-refractivity contribution in [2.24, 2.45) is 0 Å². The highest BCUT2D eigenvalue weighted by atomic mass is 32.2. The Morgan fingerprint density at radius 1 is 1.07 bits per heavy atom. The van der Waals surface area contributed by atoms with E-state index in [1.807, 2.05) is 16.6 Å². The summed E-state index contributed by atoms with van der Waals surface area (Å²) in [6.45, 7) is 9.13. The molecule has 2 saturated heterocycles. The number of aliphatic hydroxyl groups is 1. The van der Waals surface area contributed by atoms with E-state index < -0.39 is 17.2 Å². The van der Waals surface area contributed by atoms with E-state index >= 15 is 0 Å². The average Bonchev–Trinajstić information content (AvgIpc) is 3.26. The highest BCUT2D eigenvalue weighted by Gasteiger charge is 2.54. The van der Waals surface area contributed by atoms with Crippen LogP contribution in [0.3, 0.4) is 0 Å². The second kappa shape index (κ2) is 13.1. The topological polar surface area (TPSA) is 103 Å². The largest absolute Gasteiger partial charge is 0.390 e. The van der Waals surface area contributed by atoms with Crippen molar-refractivity contribution < 1.29 is 14.7 Å². The summed E-state index contributed by atoms with van der Waals surface area (Å²) >= 11 is 1.59. The van der Waals surface area contributed by atoms with Crippen molar-refractivity contribution in [1.82, 2.24) is 29.6 Å². The van der Waals surface area contributed by atoms with Crippen molar-refractivity contribution in [3.63, 3.8) is 0 Å². The van der Waals surface area contributed by atoms with Crippen LogP contribution in [0.15, 0.2) is 29.2 Å². The fraction of sp³-hybridized carbons (Fsp3) is 0.656. The normalized spacial score (nSPS) is 22.5. The molecule has 3 fully saturated rings. The number of hydrogen-bond acceptors (Lipinski definition) is 7. The Bertz CT molecular complexity index is 1250. The Kier molecular flexibility index (Phi) is 9.66. The molecule has 2 aromatic rings. The first-order chi connectivity index (χ1) is 20.2. The minimum absolute atomic E-state index is 0.0115. The van der Waals surface area contributed by atoms with Crippen LogP contribution in [0.1, 0.15) is 88.1 Å². The molecule has 1 aromatic carbocycles. The molecule has 1 atom stereocenters. The average molecular weight is 597 g/mol. The van der Waals surface area contributed by atoms with Gasteiger partial charge in [-0.15, -0.1) is 0 Å². The molecule has 3 aliphatic rings. The summed E-state index contributed by atoms with van der Waals surface area (Å²) in [6.07, 6.45) is 7.87. The van der Waals surface area contributed by atoms with Gasteiger partial charge in [-0.05, 0) is 89.2 Å². The zero-order chi connectivity index (χ0) is 29.9. The minimum atomic E-state index is -0.857. The van der Waals surface area contributed by atoms with E-state index in [-0.39, 0.29) is 11.8 Å². The third-order valence-electron chi connectivity index (χ3n) is 9.72. The van der Waals surface area contributed by atoms with Crippen molar-refractivity contribution >= 4 is 23.8 Å². The molecular formula is C32H48N6O3S. The molecule has 3 N–H and O–H groups in total. The van der Waals surface area contributed by atoms with E-state index in [0.717, 1.165) is 73.7 Å². The molecule has 1 saturated carbocycles. The second-order valence-electron chi connectivity index (χ2n) is 12.5. The van der Waals surface area contributed by atoms with Crippen molar-refractivity contribution in [3.8, 4) is 5.69 Å². The molecule has 2 aliphatic heterocycles. The number of nitrogens with one attached hydrogen (secondary N) is 2. The van der Waals surface area contributed by atoms with E-state index in [4.69, 9.17) is 5.10 Å². The zero-order valence-corrected chi connectivity index (χ0v) is 26.6. The number of likely N-dealkylation sites (tertiary alicyclic amines) is 1. The van der Waals surface area contributed by atoms with E-state index in [1.165, 1.54) is 5.56 Å². The zero-order valence-electron chi connectivity index (χ0n) is 25.7. The summed E-state index contributed by atoms with van der Waals surface area (Å²) in [5, 5.41) is 19.1. The Hall–Kier alpha value is -2.40. The van der Waals surface area contributed by atoms with Crippen molar-refractivity contribution in [2.45, 2.75) is 114 Å². The molecule has 0 radical (unpaired) electrons. The quantitative estimate of drug-likeness (QED) is 0.352. The Balaban J connectivity index is 1.28. The van der Waals surface area contributed by atoms with Crippen LogP contribution in [0.25, 0.3) is 5.69 Å². The van der Waals surface area contributed by atoms with Gasteiger partial charge < -0.3 is 15.3 Å². The number of piperazine rings is 1. The van der Waals surface area contributed by atoms with Crippen LogP contribution in [-0.4, -0.2) is 80.4 Å². The number of nitrogens with zero attached hydrogens (tertiary/aromatic N) is 4. The number of piperidine rings is 1. The fourth-order valence-electron chi connectivity index (χ4n) is 7.18. The van der Waals surface area contributed by atoms with Gasteiger partial charge in [0.25, 0.3) is 0 Å². The maximum atomic E-state index is 13.9. The smallest absolute Gasteiger partial charge is 0.246 e. The predicted molar refractivity (Wildman–Crippen MR) is 166 cm³/mol. The molecule has 5 rings (SSSR count). The van der Waals surface area contributed by atoms with Crippen LogP contribution in [0.4, 0.5) is 0 Å². The lowest BCUT2D eigenvalue weighted by molar-refractivity contribution is -0.163. The van der Waals surface area contributed by atoms with Gasteiger partial charge in [0.2, 0.25) is 11.8 Å². The van der Waals surface area contributed by atoms with Crippen LogP contribution in [0.5, 0.6) is 0 Å². The first-order valence-corrected chi connectivity index (χ1v) is 16.6. The second-order valence-corrected chi connectivity index (χ2v) is 13.6. The summed E-state index contributed by atoms with van der Waals surface area (Å²) in [7, 11) is 1.91. The van der Waals surface area contributed by atoms with Crippen LogP contribution >= 0.6 is 11.9 Å². The van der Waals surface area contributed by atoms with Gasteiger partial charge in [-0.25, -0.2) is 4.68 Å². The molecular weight excluding hydrogens is 548 g/mol. The maximum absolute atomic E-state index is 13.9. The summed E-state index contributed by atoms with van der Waals surface area (Å²) in [4.78, 5) is 33.2. The van der Waals surface area contributed by atoms with Gasteiger partial charge in [0.15, 0.2) is 0 Å². The van der Waals surface area contributed by atoms with Gasteiger partial charge in [-0.2, -0.15) is 5.10 Å². The highest BCUT2D eigenvalue weighted by Crippen LogP contribution is 2.38. The van der Waals surface area contributed by atoms with E-state index in [1.54, 1.807) is 11.9 Å². The number of hydrogen-bond donors (Lipinski definition) is 3. The molecule has 1 spiro atoms. The molecule has 10 heteroatoms. The summed E-state index contributed by atoms with van der Waals surface area (Å²) in [5.74, 6) is -0.0510. The van der Waals surface area contributed by atoms with Gasteiger partial charge in [0.1, 0.15) is 11.6 Å². The molecule has 9 nitrogen and oxygen atoms in total. The molecule has 230 valence electrons. The number of amides is 2. The molecule has 0 bridgehead atoms. The monoisotopic (exact) mass is 596 g/mol. The molecule has 3 heterocycles. The van der Waals surface area contributed by atoms with Crippen LogP contribution in [0.2, 0.25) is 0 Å². The summed E-state index contributed by atoms with van der Waals surface area (Å²) < 4.78 is 5.12. The van der Waals surface area contributed by atoms with Gasteiger partial charge in [0, 0.05) is 48.8 Å². The van der Waals surface area contributed by atoms with Crippen molar-refractivity contribution in [3.05, 3.63) is 41.2 Å². The maximum Gasteiger partial charge on any atom is 0.246 e. The first kappa shape index (κ1) is 31.0. The third kappa shape index (κ3) is 6.27. The Labute approximate surface area is 254 Å². The van der Waals surface area contributed by atoms with Crippen LogP contribution < -0.4 is 10.0 Å². The van der Waals surface area contributed by atoms with Gasteiger partial charge in [-0.1, -0.05) is 32.6 Å². The molecule has 2 amide bonds. The lowest BCUT2D eigenvalue weighted by atomic mass is 9.77. The number of benzene rings is 1. The lowest BCUT2D eigenvalue weighted by Gasteiger charge is -2.52. The number of unbranched alkanes of at least 4 members (excludes halogenated alkanes) is 1. The number of aromatic nitrogens is 2. The van der Waals surface area contributed by atoms with Gasteiger partial charge in [-0.3, -0.25) is 19.2 Å².